The second kappa shape index (κ2) is 8.83. The molecule has 2 aromatic heterocycles. The van der Waals surface area contributed by atoms with Gasteiger partial charge in [-0.25, -0.2) is 9.67 Å². The fourth-order valence-electron chi connectivity index (χ4n) is 5.83. The van der Waals surface area contributed by atoms with Gasteiger partial charge >= 0.3 is 0 Å². The first kappa shape index (κ1) is 22.7. The molecule has 0 bridgehead atoms. The largest absolute Gasteiger partial charge is 0.338 e. The lowest BCUT2D eigenvalue weighted by Crippen LogP contribution is -2.52. The van der Waals surface area contributed by atoms with E-state index in [-0.39, 0.29) is 18.0 Å². The molecule has 0 unspecified atom stereocenters. The van der Waals surface area contributed by atoms with E-state index in [1.807, 2.05) is 61.2 Å². The van der Waals surface area contributed by atoms with Crippen LogP contribution in [0.15, 0.2) is 77.9 Å². The first-order chi connectivity index (χ1) is 18.6. The molecule has 1 N–H and O–H groups in total. The maximum absolute atomic E-state index is 13.7. The molecular formula is C30H29N7O. The molecular weight excluding hydrogens is 474 g/mol. The number of carbonyl (C=O) groups excluding carboxylic acids is 1. The molecule has 0 spiro atoms. The zero-order chi connectivity index (χ0) is 25.8. The normalized spacial score (nSPS) is 19.7. The van der Waals surface area contributed by atoms with Crippen LogP contribution in [0.1, 0.15) is 40.7 Å². The summed E-state index contributed by atoms with van der Waals surface area (Å²) in [6, 6.07) is 22.9. The highest BCUT2D eigenvalue weighted by Crippen LogP contribution is 2.43. The van der Waals surface area contributed by atoms with Crippen molar-refractivity contribution in [3.8, 4) is 11.3 Å². The van der Waals surface area contributed by atoms with Crippen LogP contribution in [-0.4, -0.2) is 50.7 Å². The maximum Gasteiger partial charge on any atom is 0.267 e. The summed E-state index contributed by atoms with van der Waals surface area (Å²) in [6.07, 6.45) is 5.15. The van der Waals surface area contributed by atoms with Crippen molar-refractivity contribution < 1.29 is 4.79 Å². The Morgan fingerprint density at radius 3 is 2.58 bits per heavy atom. The zero-order valence-corrected chi connectivity index (χ0v) is 21.5. The molecule has 8 heteroatoms. The number of amides is 1. The number of hydrogen-bond donors (Lipinski definition) is 1. The Bertz CT molecular complexity index is 1540. The van der Waals surface area contributed by atoms with Crippen LogP contribution in [0.25, 0.3) is 11.3 Å². The average molecular weight is 504 g/mol. The number of aromatic nitrogens is 3. The molecule has 0 saturated heterocycles. The Morgan fingerprint density at radius 1 is 1.00 bits per heavy atom. The number of hydrogen-bond acceptors (Lipinski definition) is 6. The average Bonchev–Trinajstić information content (AvgIpc) is 3.63. The summed E-state index contributed by atoms with van der Waals surface area (Å²) in [7, 11) is 1.82. The van der Waals surface area contributed by atoms with Crippen LogP contribution in [-0.2, 0) is 6.54 Å². The Balaban J connectivity index is 1.29. The maximum atomic E-state index is 13.7. The van der Waals surface area contributed by atoms with Gasteiger partial charge in [0.05, 0.1) is 24.3 Å². The van der Waals surface area contributed by atoms with E-state index >= 15 is 0 Å². The van der Waals surface area contributed by atoms with Crippen molar-refractivity contribution in [2.75, 3.05) is 17.3 Å². The van der Waals surface area contributed by atoms with Gasteiger partial charge in [-0.05, 0) is 55.5 Å². The predicted molar refractivity (Wildman–Crippen MR) is 149 cm³/mol. The minimum atomic E-state index is -0.0829. The Morgan fingerprint density at radius 2 is 1.82 bits per heavy atom. The van der Waals surface area contributed by atoms with E-state index in [9.17, 15) is 4.79 Å². The molecule has 0 radical (unpaired) electrons. The third kappa shape index (κ3) is 3.67. The van der Waals surface area contributed by atoms with Crippen LogP contribution < -0.4 is 10.2 Å². The lowest BCUT2D eigenvalue weighted by Gasteiger charge is -2.35. The number of anilines is 3. The summed E-state index contributed by atoms with van der Waals surface area (Å²) in [5.41, 5.74) is 5.76. The van der Waals surface area contributed by atoms with E-state index in [4.69, 9.17) is 10.1 Å². The van der Waals surface area contributed by atoms with Gasteiger partial charge in [-0.3, -0.25) is 19.6 Å². The summed E-state index contributed by atoms with van der Waals surface area (Å²) < 4.78 is 1.97. The quantitative estimate of drug-likeness (QED) is 0.404. The van der Waals surface area contributed by atoms with Crippen molar-refractivity contribution in [1.29, 1.82) is 0 Å². The summed E-state index contributed by atoms with van der Waals surface area (Å²) in [5.74, 6) is 2.07. The lowest BCUT2D eigenvalue weighted by molar-refractivity contribution is 0.0865. The van der Waals surface area contributed by atoms with Crippen LogP contribution in [0, 0.1) is 6.92 Å². The SMILES string of the molecule is Cc1ccc(-c2ccc(Cn3nc(Nc4ccccc4)c4c3N3C(=N[C@@H]5CCC[C@@H]53)N(C)C4=O)cc2)nc1. The number of nitrogens with zero attached hydrogens (tertiary/aromatic N) is 6. The molecule has 3 aliphatic rings. The fraction of sp³-hybridized carbons (Fsp3) is 0.267. The van der Waals surface area contributed by atoms with Crippen molar-refractivity contribution >= 4 is 29.2 Å². The molecule has 4 heterocycles. The number of aryl methyl sites for hydroxylation is 1. The highest BCUT2D eigenvalue weighted by molar-refractivity contribution is 6.21. The van der Waals surface area contributed by atoms with Gasteiger partial charge < -0.3 is 5.32 Å². The summed E-state index contributed by atoms with van der Waals surface area (Å²) in [6.45, 7) is 2.58. The highest BCUT2D eigenvalue weighted by atomic mass is 16.2. The minimum absolute atomic E-state index is 0.0829. The monoisotopic (exact) mass is 503 g/mol. The molecule has 2 aromatic carbocycles. The number of fused-ring (bicyclic) bond motifs is 5. The molecule has 38 heavy (non-hydrogen) atoms. The molecule has 190 valence electrons. The molecule has 1 fully saturated rings. The smallest absolute Gasteiger partial charge is 0.267 e. The third-order valence-electron chi connectivity index (χ3n) is 7.77. The number of benzene rings is 2. The van der Waals surface area contributed by atoms with Crippen molar-refractivity contribution in [3.05, 3.63) is 89.6 Å². The third-order valence-corrected chi connectivity index (χ3v) is 7.77. The standard InChI is InChI=1S/C30H29N7O/c1-19-11-16-23(31-17-19)21-14-12-20(13-15-21)18-36-28-26(27(34-36)32-22-7-4-3-5-8-22)29(38)35(2)30-33-24-9-6-10-25(24)37(28)30/h3-5,7-8,11-17,24-25H,6,9-10,18H2,1-2H3,(H,32,34)/t24-,25+/m1/s1. The summed E-state index contributed by atoms with van der Waals surface area (Å²) in [4.78, 5) is 27.2. The van der Waals surface area contributed by atoms with Gasteiger partial charge in [0, 0.05) is 24.5 Å². The van der Waals surface area contributed by atoms with Crippen molar-refractivity contribution in [1.82, 2.24) is 19.7 Å². The molecule has 2 atom stereocenters. The van der Waals surface area contributed by atoms with Gasteiger partial charge in [0.25, 0.3) is 5.91 Å². The Labute approximate surface area is 221 Å². The van der Waals surface area contributed by atoms with Gasteiger partial charge in [-0.15, -0.1) is 0 Å². The van der Waals surface area contributed by atoms with Crippen LogP contribution >= 0.6 is 0 Å². The molecule has 7 rings (SSSR count). The fourth-order valence-corrected chi connectivity index (χ4v) is 5.83. The van der Waals surface area contributed by atoms with E-state index in [1.165, 1.54) is 0 Å². The number of guanidine groups is 1. The molecule has 1 amide bonds. The van der Waals surface area contributed by atoms with E-state index in [1.54, 1.807) is 4.90 Å². The first-order valence-corrected chi connectivity index (χ1v) is 13.2. The van der Waals surface area contributed by atoms with E-state index in [2.05, 4.69) is 45.5 Å². The van der Waals surface area contributed by atoms with Gasteiger partial charge in [-0.2, -0.15) is 5.10 Å². The molecule has 4 aromatic rings. The van der Waals surface area contributed by atoms with Crippen LogP contribution in [0.4, 0.5) is 17.3 Å². The van der Waals surface area contributed by atoms with Crippen molar-refractivity contribution in [3.63, 3.8) is 0 Å². The summed E-state index contributed by atoms with van der Waals surface area (Å²) >= 11 is 0. The molecule has 1 saturated carbocycles. The van der Waals surface area contributed by atoms with Gasteiger partial charge in [-0.1, -0.05) is 48.5 Å². The molecule has 8 nitrogen and oxygen atoms in total. The predicted octanol–water partition coefficient (Wildman–Crippen LogP) is 5.23. The Hall–Kier alpha value is -4.46. The van der Waals surface area contributed by atoms with Crippen molar-refractivity contribution in [2.24, 2.45) is 4.99 Å². The number of rotatable bonds is 5. The number of nitrogens with one attached hydrogen (secondary N) is 1. The number of pyridine rings is 1. The second-order valence-electron chi connectivity index (χ2n) is 10.3. The molecule has 2 aliphatic heterocycles. The van der Waals surface area contributed by atoms with E-state index in [0.29, 0.717) is 17.9 Å². The minimum Gasteiger partial charge on any atom is -0.338 e. The number of carbonyl (C=O) groups is 1. The van der Waals surface area contributed by atoms with E-state index in [0.717, 1.165) is 59.1 Å². The second-order valence-corrected chi connectivity index (χ2v) is 10.3. The topological polar surface area (TPSA) is 78.7 Å². The van der Waals surface area contributed by atoms with Gasteiger partial charge in [0.2, 0.25) is 5.96 Å². The zero-order valence-electron chi connectivity index (χ0n) is 21.5. The number of para-hydroxylation sites is 1. The van der Waals surface area contributed by atoms with Gasteiger partial charge in [0.1, 0.15) is 11.4 Å². The first-order valence-electron chi connectivity index (χ1n) is 13.2. The van der Waals surface area contributed by atoms with Crippen molar-refractivity contribution in [2.45, 2.75) is 44.8 Å². The van der Waals surface area contributed by atoms with E-state index < -0.39 is 0 Å². The number of aliphatic imine (C=N–C) groups is 1. The van der Waals surface area contributed by atoms with Gasteiger partial charge in [0.15, 0.2) is 5.82 Å². The lowest BCUT2D eigenvalue weighted by atomic mass is 10.1. The summed E-state index contributed by atoms with van der Waals surface area (Å²) in [5, 5.41) is 8.39. The van der Waals surface area contributed by atoms with Crippen LogP contribution in [0.2, 0.25) is 0 Å². The van der Waals surface area contributed by atoms with Crippen LogP contribution in [0.3, 0.4) is 0 Å². The highest BCUT2D eigenvalue weighted by Gasteiger charge is 2.49. The molecule has 1 aliphatic carbocycles. The van der Waals surface area contributed by atoms with Crippen LogP contribution in [0.5, 0.6) is 0 Å². The Kier molecular flexibility index (Phi) is 5.28.